The lowest BCUT2D eigenvalue weighted by molar-refractivity contribution is 0.0872. The number of nitrogens with one attached hydrogen (secondary N) is 1. The van der Waals surface area contributed by atoms with Crippen molar-refractivity contribution in [1.29, 1.82) is 0 Å². The van der Waals surface area contributed by atoms with Crippen molar-refractivity contribution in [3.8, 4) is 0 Å². The molecule has 1 N–H and O–H groups in total. The van der Waals surface area contributed by atoms with E-state index in [1.807, 2.05) is 20.8 Å². The van der Waals surface area contributed by atoms with Gasteiger partial charge in [-0.05, 0) is 64.0 Å². The van der Waals surface area contributed by atoms with Crippen LogP contribution < -0.4 is 4.72 Å². The summed E-state index contributed by atoms with van der Waals surface area (Å²) in [5.41, 5.74) is 0. The van der Waals surface area contributed by atoms with E-state index in [0.717, 1.165) is 0 Å². The summed E-state index contributed by atoms with van der Waals surface area (Å²) in [6.45, 7) is 31.1. The summed E-state index contributed by atoms with van der Waals surface area (Å²) in [5, 5.41) is 0.268. The quantitative estimate of drug-likeness (QED) is 0.485. The van der Waals surface area contributed by atoms with E-state index in [4.69, 9.17) is 8.85 Å². The number of rotatable bonds is 8. The fourth-order valence-corrected chi connectivity index (χ4v) is 5.00. The summed E-state index contributed by atoms with van der Waals surface area (Å²) < 4.78 is 28.8. The first-order valence-corrected chi connectivity index (χ1v) is 17.1. The third-order valence-corrected chi connectivity index (χ3v) is 16.8. The summed E-state index contributed by atoms with van der Waals surface area (Å²) in [6, 6.07) is -0.0519. The Morgan fingerprint density at radius 1 is 0.852 bits per heavy atom. The average Bonchev–Trinajstić information content (AvgIpc) is 2.39. The standard InChI is InChI=1S/C20H47NO3SSi2/c1-16(21-25(22)18(2,3)4)17(24-27(13,14)20(8,9)10)15-23-26(11,12)19(5,6)7/h16-17,21H,15H2,1-14H3/t16-,17-,25+/m1/s1. The SMILES string of the molecule is C[C@@H](N[S@@](=O)C(C)(C)C)[C@@H](CO[Si](C)(C)C(C)(C)C)O[Si](C)(C)C(C)(C)C. The molecule has 0 radical (unpaired) electrons. The van der Waals surface area contributed by atoms with Gasteiger partial charge in [0.15, 0.2) is 16.6 Å². The van der Waals surface area contributed by atoms with Gasteiger partial charge in [-0.1, -0.05) is 41.5 Å². The van der Waals surface area contributed by atoms with Gasteiger partial charge in [-0.25, -0.2) is 8.93 Å². The monoisotopic (exact) mass is 437 g/mol. The fraction of sp³-hybridized carbons (Fsp3) is 1.00. The van der Waals surface area contributed by atoms with Gasteiger partial charge in [-0.2, -0.15) is 0 Å². The van der Waals surface area contributed by atoms with Crippen LogP contribution in [0.25, 0.3) is 0 Å². The Hall–Kier alpha value is 0.464. The van der Waals surface area contributed by atoms with E-state index in [-0.39, 0.29) is 27.0 Å². The Labute approximate surface area is 174 Å². The molecule has 7 heteroatoms. The van der Waals surface area contributed by atoms with E-state index in [2.05, 4.69) is 79.4 Å². The zero-order chi connectivity index (χ0) is 22.1. The third kappa shape index (κ3) is 8.38. The second-order valence-corrected chi connectivity index (χ2v) is 23.3. The van der Waals surface area contributed by atoms with Crippen molar-refractivity contribution >= 4 is 27.6 Å². The molecule has 0 saturated carbocycles. The molecule has 0 bridgehead atoms. The van der Waals surface area contributed by atoms with Crippen molar-refractivity contribution in [2.45, 2.75) is 122 Å². The van der Waals surface area contributed by atoms with Crippen molar-refractivity contribution in [3.63, 3.8) is 0 Å². The first kappa shape index (κ1) is 27.5. The summed E-state index contributed by atoms with van der Waals surface area (Å²) in [4.78, 5) is 0. The average molecular weight is 438 g/mol. The van der Waals surface area contributed by atoms with Crippen LogP contribution in [-0.4, -0.2) is 44.3 Å². The molecule has 4 nitrogen and oxygen atoms in total. The van der Waals surface area contributed by atoms with Crippen LogP contribution in [0, 0.1) is 0 Å². The largest absolute Gasteiger partial charge is 0.414 e. The Kier molecular flexibility index (Phi) is 9.24. The highest BCUT2D eigenvalue weighted by Crippen LogP contribution is 2.39. The van der Waals surface area contributed by atoms with Crippen molar-refractivity contribution in [3.05, 3.63) is 0 Å². The summed E-state index contributed by atoms with van der Waals surface area (Å²) in [7, 11) is -4.99. The summed E-state index contributed by atoms with van der Waals surface area (Å²) >= 11 is 0. The zero-order valence-electron chi connectivity index (χ0n) is 20.5. The smallest absolute Gasteiger partial charge is 0.192 e. The molecule has 0 aromatic rings. The zero-order valence-corrected chi connectivity index (χ0v) is 23.3. The second-order valence-electron chi connectivity index (χ2n) is 11.8. The molecule has 0 aliphatic heterocycles. The molecule has 27 heavy (non-hydrogen) atoms. The molecule has 0 spiro atoms. The molecule has 0 amide bonds. The first-order chi connectivity index (χ1) is 11.6. The third-order valence-electron chi connectivity index (χ3n) is 6.07. The van der Waals surface area contributed by atoms with Crippen LogP contribution in [-0.2, 0) is 19.8 Å². The van der Waals surface area contributed by atoms with Crippen molar-refractivity contribution in [2.75, 3.05) is 6.61 Å². The Balaban J connectivity index is 5.48. The summed E-state index contributed by atoms with van der Waals surface area (Å²) in [5.74, 6) is 0. The Morgan fingerprint density at radius 3 is 1.59 bits per heavy atom. The Morgan fingerprint density at radius 2 is 1.26 bits per heavy atom. The van der Waals surface area contributed by atoms with Crippen LogP contribution in [0.4, 0.5) is 0 Å². The van der Waals surface area contributed by atoms with Gasteiger partial charge in [0.1, 0.15) is 0 Å². The lowest BCUT2D eigenvalue weighted by atomic mass is 10.2. The highest BCUT2D eigenvalue weighted by Gasteiger charge is 2.42. The van der Waals surface area contributed by atoms with Gasteiger partial charge < -0.3 is 8.85 Å². The number of hydrogen-bond donors (Lipinski definition) is 1. The molecule has 0 heterocycles. The normalized spacial score (nSPS) is 18.3. The second kappa shape index (κ2) is 9.08. The topological polar surface area (TPSA) is 47.6 Å². The predicted molar refractivity (Wildman–Crippen MR) is 126 cm³/mol. The molecule has 164 valence electrons. The molecular formula is C20H47NO3SSi2. The maximum atomic E-state index is 12.6. The van der Waals surface area contributed by atoms with Gasteiger partial charge in [-0.3, -0.25) is 0 Å². The molecular weight excluding hydrogens is 390 g/mol. The van der Waals surface area contributed by atoms with E-state index in [0.29, 0.717) is 6.61 Å². The highest BCUT2D eigenvalue weighted by molar-refractivity contribution is 7.84. The van der Waals surface area contributed by atoms with Crippen molar-refractivity contribution in [2.24, 2.45) is 0 Å². The van der Waals surface area contributed by atoms with Gasteiger partial charge in [0.25, 0.3) is 0 Å². The first-order valence-electron chi connectivity index (χ1n) is 10.1. The molecule has 0 fully saturated rings. The van der Waals surface area contributed by atoms with Crippen molar-refractivity contribution in [1.82, 2.24) is 4.72 Å². The molecule has 0 aliphatic rings. The van der Waals surface area contributed by atoms with Gasteiger partial charge in [-0.15, -0.1) is 0 Å². The lowest BCUT2D eigenvalue weighted by Gasteiger charge is -2.43. The minimum Gasteiger partial charge on any atom is -0.414 e. The summed E-state index contributed by atoms with van der Waals surface area (Å²) in [6.07, 6.45) is -0.119. The van der Waals surface area contributed by atoms with Crippen LogP contribution in [0.2, 0.25) is 36.3 Å². The highest BCUT2D eigenvalue weighted by atomic mass is 32.2. The molecule has 3 atom stereocenters. The van der Waals surface area contributed by atoms with E-state index in [1.54, 1.807) is 0 Å². The molecule has 0 saturated heterocycles. The molecule has 0 aromatic carbocycles. The van der Waals surface area contributed by atoms with Crippen molar-refractivity contribution < 1.29 is 13.1 Å². The maximum Gasteiger partial charge on any atom is 0.192 e. The molecule has 0 rings (SSSR count). The van der Waals surface area contributed by atoms with Gasteiger partial charge in [0.05, 0.1) is 28.4 Å². The fourth-order valence-electron chi connectivity index (χ4n) is 1.76. The van der Waals surface area contributed by atoms with Gasteiger partial charge in [0.2, 0.25) is 0 Å². The van der Waals surface area contributed by atoms with E-state index < -0.39 is 27.6 Å². The minimum atomic E-state index is -1.97. The number of hydrogen-bond acceptors (Lipinski definition) is 3. The molecule has 0 aliphatic carbocycles. The van der Waals surface area contributed by atoms with Crippen LogP contribution in [0.1, 0.15) is 69.2 Å². The van der Waals surface area contributed by atoms with Gasteiger partial charge in [0, 0.05) is 6.04 Å². The lowest BCUT2D eigenvalue weighted by Crippen LogP contribution is -2.54. The predicted octanol–water partition coefficient (Wildman–Crippen LogP) is 5.84. The minimum absolute atomic E-state index is 0.0519. The maximum absolute atomic E-state index is 12.6. The van der Waals surface area contributed by atoms with E-state index in [9.17, 15) is 4.21 Å². The molecule has 0 aromatic heterocycles. The van der Waals surface area contributed by atoms with E-state index >= 15 is 0 Å². The van der Waals surface area contributed by atoms with Crippen LogP contribution in [0.3, 0.4) is 0 Å². The van der Waals surface area contributed by atoms with Crippen LogP contribution in [0.5, 0.6) is 0 Å². The Bertz CT molecular complexity index is 503. The molecule has 0 unspecified atom stereocenters. The van der Waals surface area contributed by atoms with Gasteiger partial charge >= 0.3 is 0 Å². The van der Waals surface area contributed by atoms with Crippen LogP contribution >= 0.6 is 0 Å². The van der Waals surface area contributed by atoms with E-state index in [1.165, 1.54) is 0 Å². The van der Waals surface area contributed by atoms with Crippen LogP contribution in [0.15, 0.2) is 0 Å².